The molecule has 1 aromatic heterocycles. The van der Waals surface area contributed by atoms with Crippen LogP contribution in [-0.4, -0.2) is 0 Å². The fraction of sp³-hybridized carbons (Fsp3) is 0.214. The first kappa shape index (κ1) is 12.5. The lowest BCUT2D eigenvalue weighted by Gasteiger charge is -2.08. The molecule has 0 atom stereocenters. The van der Waals surface area contributed by atoms with Crippen molar-refractivity contribution in [1.29, 1.82) is 5.26 Å². The van der Waals surface area contributed by atoms with Gasteiger partial charge in [-0.25, -0.2) is 0 Å². The third-order valence-electron chi connectivity index (χ3n) is 2.68. The van der Waals surface area contributed by atoms with Crippen molar-refractivity contribution in [2.45, 2.75) is 19.9 Å². The molecule has 0 spiro atoms. The predicted molar refractivity (Wildman–Crippen MR) is 76.6 cm³/mol. The topological polar surface area (TPSA) is 61.8 Å². The fourth-order valence-corrected chi connectivity index (χ4v) is 2.55. The predicted octanol–water partition coefficient (Wildman–Crippen LogP) is 3.32. The van der Waals surface area contributed by atoms with Crippen molar-refractivity contribution >= 4 is 22.7 Å². The second-order valence-corrected chi connectivity index (χ2v) is 5.49. The number of benzene rings is 1. The molecule has 0 amide bonds. The number of hydrogen-bond donors (Lipinski definition) is 2. The van der Waals surface area contributed by atoms with Crippen molar-refractivity contribution < 1.29 is 0 Å². The first-order valence-corrected chi connectivity index (χ1v) is 6.55. The number of nitrogen functional groups attached to an aromatic ring is 1. The molecule has 0 aliphatic heterocycles. The van der Waals surface area contributed by atoms with E-state index in [2.05, 4.69) is 30.4 Å². The van der Waals surface area contributed by atoms with Crippen LogP contribution < -0.4 is 11.1 Å². The van der Waals surface area contributed by atoms with E-state index in [1.165, 1.54) is 9.75 Å². The number of nitrogens with zero attached hydrogens (tertiary/aromatic N) is 1. The monoisotopic (exact) mass is 257 g/mol. The summed E-state index contributed by atoms with van der Waals surface area (Å²) in [5.74, 6) is 0. The summed E-state index contributed by atoms with van der Waals surface area (Å²) in [4.78, 5) is 2.61. The van der Waals surface area contributed by atoms with Gasteiger partial charge < -0.3 is 11.1 Å². The van der Waals surface area contributed by atoms with Crippen LogP contribution in [0.25, 0.3) is 0 Å². The van der Waals surface area contributed by atoms with Crippen molar-refractivity contribution in [3.63, 3.8) is 0 Å². The van der Waals surface area contributed by atoms with Crippen molar-refractivity contribution in [3.05, 3.63) is 45.6 Å². The SMILES string of the molecule is Cc1ccc(CNc2ccc(N)c(CC#N)c2)s1. The molecule has 0 radical (unpaired) electrons. The molecular formula is C14H15N3S. The van der Waals surface area contributed by atoms with Gasteiger partial charge in [0.05, 0.1) is 12.5 Å². The van der Waals surface area contributed by atoms with Gasteiger partial charge in [-0.2, -0.15) is 5.26 Å². The molecule has 1 aromatic carbocycles. The Balaban J connectivity index is 2.05. The molecule has 4 heteroatoms. The standard InChI is InChI=1S/C14H15N3S/c1-10-2-4-13(18-10)9-17-12-3-5-14(16)11(8-12)6-7-15/h2-5,8,17H,6,9,16H2,1H3. The summed E-state index contributed by atoms with van der Waals surface area (Å²) >= 11 is 1.79. The zero-order valence-corrected chi connectivity index (χ0v) is 11.1. The lowest BCUT2D eigenvalue weighted by atomic mass is 10.1. The van der Waals surface area contributed by atoms with E-state index in [4.69, 9.17) is 11.0 Å². The zero-order chi connectivity index (χ0) is 13.0. The molecule has 0 saturated heterocycles. The van der Waals surface area contributed by atoms with E-state index in [0.29, 0.717) is 12.1 Å². The number of nitrogens with two attached hydrogens (primary N) is 1. The average molecular weight is 257 g/mol. The normalized spacial score (nSPS) is 10.0. The molecule has 3 N–H and O–H groups in total. The Bertz CT molecular complexity index is 581. The van der Waals surface area contributed by atoms with Gasteiger partial charge in [0.15, 0.2) is 0 Å². The first-order valence-electron chi connectivity index (χ1n) is 5.73. The minimum atomic E-state index is 0.347. The van der Waals surface area contributed by atoms with E-state index in [-0.39, 0.29) is 0 Å². The molecule has 0 bridgehead atoms. The van der Waals surface area contributed by atoms with E-state index in [0.717, 1.165) is 17.8 Å². The molecule has 1 heterocycles. The fourth-order valence-electron chi connectivity index (χ4n) is 1.72. The van der Waals surface area contributed by atoms with Gasteiger partial charge in [-0.3, -0.25) is 0 Å². The van der Waals surface area contributed by atoms with Crippen LogP contribution in [0.5, 0.6) is 0 Å². The van der Waals surface area contributed by atoms with E-state index >= 15 is 0 Å². The average Bonchev–Trinajstić information content (AvgIpc) is 2.76. The summed E-state index contributed by atoms with van der Waals surface area (Å²) in [7, 11) is 0. The Morgan fingerprint density at radius 2 is 2.17 bits per heavy atom. The van der Waals surface area contributed by atoms with Crippen LogP contribution >= 0.6 is 11.3 Å². The molecule has 0 unspecified atom stereocenters. The molecule has 0 saturated carbocycles. The minimum Gasteiger partial charge on any atom is -0.398 e. The number of thiophene rings is 1. The molecule has 0 aliphatic carbocycles. The molecule has 18 heavy (non-hydrogen) atoms. The summed E-state index contributed by atoms with van der Waals surface area (Å²) in [5.41, 5.74) is 8.36. The lowest BCUT2D eigenvalue weighted by molar-refractivity contribution is 1.18. The Labute approximate surface area is 111 Å². The van der Waals surface area contributed by atoms with Crippen LogP contribution in [-0.2, 0) is 13.0 Å². The maximum atomic E-state index is 8.72. The number of rotatable bonds is 4. The molecule has 0 fully saturated rings. The van der Waals surface area contributed by atoms with Crippen molar-refractivity contribution in [1.82, 2.24) is 0 Å². The van der Waals surface area contributed by atoms with Crippen molar-refractivity contribution in [2.75, 3.05) is 11.1 Å². The van der Waals surface area contributed by atoms with Crippen molar-refractivity contribution in [3.8, 4) is 6.07 Å². The summed E-state index contributed by atoms with van der Waals surface area (Å²) in [6.45, 7) is 2.90. The van der Waals surface area contributed by atoms with Crippen LogP contribution in [0.4, 0.5) is 11.4 Å². The summed E-state index contributed by atoms with van der Waals surface area (Å²) in [6, 6.07) is 12.1. The van der Waals surface area contributed by atoms with Gasteiger partial charge in [0.2, 0.25) is 0 Å². The second-order valence-electron chi connectivity index (χ2n) is 4.11. The third-order valence-corrected chi connectivity index (χ3v) is 3.68. The summed E-state index contributed by atoms with van der Waals surface area (Å²) in [5, 5.41) is 12.1. The maximum Gasteiger partial charge on any atom is 0.0670 e. The number of nitriles is 1. The van der Waals surface area contributed by atoms with Gasteiger partial charge in [0, 0.05) is 27.7 Å². The Morgan fingerprint density at radius 3 is 2.83 bits per heavy atom. The van der Waals surface area contributed by atoms with Gasteiger partial charge in [0.25, 0.3) is 0 Å². The molecular weight excluding hydrogens is 242 g/mol. The van der Waals surface area contributed by atoms with Crippen LogP contribution in [0, 0.1) is 18.3 Å². The maximum absolute atomic E-state index is 8.72. The highest BCUT2D eigenvalue weighted by Crippen LogP contribution is 2.20. The third kappa shape index (κ3) is 3.02. The minimum absolute atomic E-state index is 0.347. The summed E-state index contributed by atoms with van der Waals surface area (Å²) < 4.78 is 0. The number of aryl methyl sites for hydroxylation is 1. The summed E-state index contributed by atoms with van der Waals surface area (Å²) in [6.07, 6.45) is 0.347. The first-order chi connectivity index (χ1) is 8.69. The van der Waals surface area contributed by atoms with Gasteiger partial charge >= 0.3 is 0 Å². The van der Waals surface area contributed by atoms with E-state index in [1.807, 2.05) is 18.2 Å². The zero-order valence-electron chi connectivity index (χ0n) is 10.2. The quantitative estimate of drug-likeness (QED) is 0.826. The Kier molecular flexibility index (Phi) is 3.85. The number of anilines is 2. The highest BCUT2D eigenvalue weighted by atomic mass is 32.1. The highest BCUT2D eigenvalue weighted by Gasteiger charge is 2.02. The van der Waals surface area contributed by atoms with Crippen molar-refractivity contribution in [2.24, 2.45) is 0 Å². The molecule has 2 aromatic rings. The van der Waals surface area contributed by atoms with Gasteiger partial charge in [-0.05, 0) is 42.8 Å². The highest BCUT2D eigenvalue weighted by molar-refractivity contribution is 7.11. The molecule has 3 nitrogen and oxygen atoms in total. The molecule has 92 valence electrons. The molecule has 0 aliphatic rings. The van der Waals surface area contributed by atoms with E-state index < -0.39 is 0 Å². The number of hydrogen-bond acceptors (Lipinski definition) is 4. The second kappa shape index (κ2) is 5.56. The lowest BCUT2D eigenvalue weighted by Crippen LogP contribution is -2.00. The van der Waals surface area contributed by atoms with E-state index in [9.17, 15) is 0 Å². The van der Waals surface area contributed by atoms with Crippen LogP contribution in [0.1, 0.15) is 15.3 Å². The van der Waals surface area contributed by atoms with Crippen LogP contribution in [0.3, 0.4) is 0 Å². The van der Waals surface area contributed by atoms with Gasteiger partial charge in [-0.1, -0.05) is 0 Å². The molecule has 2 rings (SSSR count). The van der Waals surface area contributed by atoms with E-state index in [1.54, 1.807) is 11.3 Å². The number of nitrogens with one attached hydrogen (secondary N) is 1. The Hall–Kier alpha value is -1.99. The van der Waals surface area contributed by atoms with Gasteiger partial charge in [-0.15, -0.1) is 11.3 Å². The van der Waals surface area contributed by atoms with Crippen LogP contribution in [0.2, 0.25) is 0 Å². The van der Waals surface area contributed by atoms with Gasteiger partial charge in [0.1, 0.15) is 0 Å². The smallest absolute Gasteiger partial charge is 0.0670 e. The van der Waals surface area contributed by atoms with Crippen LogP contribution in [0.15, 0.2) is 30.3 Å². The largest absolute Gasteiger partial charge is 0.398 e. The Morgan fingerprint density at radius 1 is 1.33 bits per heavy atom.